The molecular formula is C15H16F3NO3. The SMILES string of the molecule is CC(=O)N/C(=C\C(=O)OC(C)C)Cc1cc(F)c(F)cc1F. The molecule has 0 saturated heterocycles. The van der Waals surface area contributed by atoms with Crippen LogP contribution in [0.3, 0.4) is 0 Å². The largest absolute Gasteiger partial charge is 0.460 e. The van der Waals surface area contributed by atoms with Crippen molar-refractivity contribution >= 4 is 11.9 Å². The standard InChI is InChI=1S/C15H16F3NO3/c1-8(2)22-15(21)6-11(19-9(3)20)4-10-5-13(17)14(18)7-12(10)16/h5-8H,4H2,1-3H3,(H,19,20)/b11-6-. The summed E-state index contributed by atoms with van der Waals surface area (Å²) in [5.74, 6) is -4.74. The van der Waals surface area contributed by atoms with Crippen LogP contribution in [0.15, 0.2) is 23.9 Å². The average molecular weight is 315 g/mol. The zero-order valence-electron chi connectivity index (χ0n) is 12.4. The van der Waals surface area contributed by atoms with E-state index in [1.807, 2.05) is 0 Å². The highest BCUT2D eigenvalue weighted by molar-refractivity contribution is 5.84. The van der Waals surface area contributed by atoms with E-state index in [2.05, 4.69) is 5.32 Å². The van der Waals surface area contributed by atoms with Crippen molar-refractivity contribution in [1.82, 2.24) is 5.32 Å². The molecule has 1 rings (SSSR count). The van der Waals surface area contributed by atoms with Crippen molar-refractivity contribution < 1.29 is 27.5 Å². The summed E-state index contributed by atoms with van der Waals surface area (Å²) in [5.41, 5.74) is -0.181. The topological polar surface area (TPSA) is 55.4 Å². The molecular weight excluding hydrogens is 299 g/mol. The fraction of sp³-hybridized carbons (Fsp3) is 0.333. The molecule has 0 bridgehead atoms. The van der Waals surface area contributed by atoms with Crippen molar-refractivity contribution in [1.29, 1.82) is 0 Å². The Hall–Kier alpha value is -2.31. The van der Waals surface area contributed by atoms with Crippen molar-refractivity contribution in [3.8, 4) is 0 Å². The second kappa shape index (κ2) is 7.63. The van der Waals surface area contributed by atoms with Crippen molar-refractivity contribution in [3.63, 3.8) is 0 Å². The van der Waals surface area contributed by atoms with Crippen LogP contribution in [0.1, 0.15) is 26.3 Å². The van der Waals surface area contributed by atoms with Gasteiger partial charge in [-0.25, -0.2) is 18.0 Å². The maximum absolute atomic E-state index is 13.6. The van der Waals surface area contributed by atoms with Crippen LogP contribution in [-0.2, 0) is 20.7 Å². The highest BCUT2D eigenvalue weighted by Crippen LogP contribution is 2.16. The lowest BCUT2D eigenvalue weighted by Crippen LogP contribution is -2.23. The predicted molar refractivity (Wildman–Crippen MR) is 73.1 cm³/mol. The number of carbonyl (C=O) groups excluding carboxylic acids is 2. The van der Waals surface area contributed by atoms with Gasteiger partial charge in [0, 0.05) is 31.2 Å². The molecule has 0 spiro atoms. The quantitative estimate of drug-likeness (QED) is 0.516. The Labute approximate surface area is 126 Å². The molecule has 0 radical (unpaired) electrons. The van der Waals surface area contributed by atoms with Gasteiger partial charge in [-0.15, -0.1) is 0 Å². The number of nitrogens with one attached hydrogen (secondary N) is 1. The molecule has 120 valence electrons. The minimum absolute atomic E-state index is 0.0167. The number of amides is 1. The van der Waals surface area contributed by atoms with Gasteiger partial charge >= 0.3 is 5.97 Å². The fourth-order valence-electron chi connectivity index (χ4n) is 1.67. The summed E-state index contributed by atoms with van der Waals surface area (Å²) in [6, 6.07) is 1.08. The lowest BCUT2D eigenvalue weighted by atomic mass is 10.1. The summed E-state index contributed by atoms with van der Waals surface area (Å²) in [7, 11) is 0. The summed E-state index contributed by atoms with van der Waals surface area (Å²) < 4.78 is 44.5. The Morgan fingerprint density at radius 2 is 1.77 bits per heavy atom. The van der Waals surface area contributed by atoms with E-state index >= 15 is 0 Å². The third-order valence-corrected chi connectivity index (χ3v) is 2.45. The fourth-order valence-corrected chi connectivity index (χ4v) is 1.67. The Bertz CT molecular complexity index is 612. The molecule has 0 fully saturated rings. The Kier molecular flexibility index (Phi) is 6.15. The smallest absolute Gasteiger partial charge is 0.332 e. The molecule has 1 aromatic carbocycles. The number of allylic oxidation sites excluding steroid dienone is 1. The lowest BCUT2D eigenvalue weighted by molar-refractivity contribution is -0.141. The third-order valence-electron chi connectivity index (χ3n) is 2.45. The number of hydrogen-bond acceptors (Lipinski definition) is 3. The first-order valence-electron chi connectivity index (χ1n) is 6.51. The van der Waals surface area contributed by atoms with Gasteiger partial charge in [-0.1, -0.05) is 0 Å². The van der Waals surface area contributed by atoms with E-state index in [4.69, 9.17) is 4.74 Å². The molecule has 1 amide bonds. The summed E-state index contributed by atoms with van der Waals surface area (Å²) in [6.07, 6.45) is 0.306. The van der Waals surface area contributed by atoms with Gasteiger partial charge in [-0.2, -0.15) is 0 Å². The molecule has 0 aliphatic carbocycles. The molecule has 0 unspecified atom stereocenters. The number of hydrogen-bond donors (Lipinski definition) is 1. The van der Waals surface area contributed by atoms with Crippen LogP contribution in [0.5, 0.6) is 0 Å². The average Bonchev–Trinajstić information content (AvgIpc) is 2.33. The van der Waals surface area contributed by atoms with Crippen molar-refractivity contribution in [2.45, 2.75) is 33.3 Å². The molecule has 1 aromatic rings. The van der Waals surface area contributed by atoms with Crippen LogP contribution in [0, 0.1) is 17.5 Å². The monoisotopic (exact) mass is 315 g/mol. The van der Waals surface area contributed by atoms with E-state index in [1.165, 1.54) is 6.92 Å². The van der Waals surface area contributed by atoms with Crippen LogP contribution in [0.25, 0.3) is 0 Å². The molecule has 1 N–H and O–H groups in total. The van der Waals surface area contributed by atoms with E-state index in [9.17, 15) is 22.8 Å². The number of esters is 1. The third kappa shape index (κ3) is 5.59. The summed E-state index contributed by atoms with van der Waals surface area (Å²) in [6.45, 7) is 4.47. The first kappa shape index (κ1) is 17.7. The molecule has 4 nitrogen and oxygen atoms in total. The molecule has 7 heteroatoms. The summed E-state index contributed by atoms with van der Waals surface area (Å²) in [4.78, 5) is 22.7. The lowest BCUT2D eigenvalue weighted by Gasteiger charge is -2.11. The number of rotatable bonds is 5. The van der Waals surface area contributed by atoms with Crippen molar-refractivity contribution in [3.05, 3.63) is 46.9 Å². The van der Waals surface area contributed by atoms with E-state index in [1.54, 1.807) is 13.8 Å². The molecule has 0 aliphatic heterocycles. The minimum atomic E-state index is -1.31. The summed E-state index contributed by atoms with van der Waals surface area (Å²) >= 11 is 0. The summed E-state index contributed by atoms with van der Waals surface area (Å²) in [5, 5.41) is 2.33. The number of carbonyl (C=O) groups is 2. The zero-order chi connectivity index (χ0) is 16.9. The van der Waals surface area contributed by atoms with E-state index in [0.717, 1.165) is 6.08 Å². The highest BCUT2D eigenvalue weighted by atomic mass is 19.2. The number of halogens is 3. The number of ether oxygens (including phenoxy) is 1. The molecule has 0 atom stereocenters. The Morgan fingerprint density at radius 3 is 2.32 bits per heavy atom. The van der Waals surface area contributed by atoms with Gasteiger partial charge in [0.05, 0.1) is 6.10 Å². The Morgan fingerprint density at radius 1 is 1.18 bits per heavy atom. The van der Waals surface area contributed by atoms with Gasteiger partial charge < -0.3 is 10.1 Å². The van der Waals surface area contributed by atoms with Crippen molar-refractivity contribution in [2.75, 3.05) is 0 Å². The zero-order valence-corrected chi connectivity index (χ0v) is 12.4. The maximum atomic E-state index is 13.6. The van der Waals surface area contributed by atoms with Gasteiger partial charge in [0.2, 0.25) is 5.91 Å². The second-order valence-electron chi connectivity index (χ2n) is 4.87. The second-order valence-corrected chi connectivity index (χ2v) is 4.87. The maximum Gasteiger partial charge on any atom is 0.332 e. The molecule has 0 saturated carbocycles. The minimum Gasteiger partial charge on any atom is -0.460 e. The normalized spacial score (nSPS) is 11.5. The van der Waals surface area contributed by atoms with Gasteiger partial charge in [0.15, 0.2) is 11.6 Å². The van der Waals surface area contributed by atoms with Crippen molar-refractivity contribution in [2.24, 2.45) is 0 Å². The van der Waals surface area contributed by atoms with Gasteiger partial charge in [0.1, 0.15) is 5.82 Å². The van der Waals surface area contributed by atoms with E-state index < -0.39 is 29.3 Å². The van der Waals surface area contributed by atoms with Crippen LogP contribution in [0.4, 0.5) is 13.2 Å². The van der Waals surface area contributed by atoms with Gasteiger partial charge in [-0.05, 0) is 25.5 Å². The predicted octanol–water partition coefficient (Wildman–Crippen LogP) is 2.62. The van der Waals surface area contributed by atoms with Gasteiger partial charge in [0.25, 0.3) is 0 Å². The first-order chi connectivity index (χ1) is 10.2. The van der Waals surface area contributed by atoms with Crippen LogP contribution in [0.2, 0.25) is 0 Å². The highest BCUT2D eigenvalue weighted by Gasteiger charge is 2.14. The van der Waals surface area contributed by atoms with E-state index in [-0.39, 0.29) is 23.8 Å². The van der Waals surface area contributed by atoms with Crippen LogP contribution >= 0.6 is 0 Å². The van der Waals surface area contributed by atoms with Crippen LogP contribution < -0.4 is 5.32 Å². The first-order valence-corrected chi connectivity index (χ1v) is 6.51. The van der Waals surface area contributed by atoms with E-state index in [0.29, 0.717) is 12.1 Å². The molecule has 0 aromatic heterocycles. The number of benzene rings is 1. The van der Waals surface area contributed by atoms with Gasteiger partial charge in [-0.3, -0.25) is 4.79 Å². The molecule has 22 heavy (non-hydrogen) atoms. The van der Waals surface area contributed by atoms with Crippen LogP contribution in [-0.4, -0.2) is 18.0 Å². The molecule has 0 heterocycles. The molecule has 0 aliphatic rings. The Balaban J connectivity index is 3.04.